The smallest absolute Gasteiger partial charge is 0.328 e. The van der Waals surface area contributed by atoms with Crippen LogP contribution >= 0.6 is 0 Å². The van der Waals surface area contributed by atoms with E-state index in [1.807, 2.05) is 0 Å². The average molecular weight is 268 g/mol. The van der Waals surface area contributed by atoms with Crippen LogP contribution in [0, 0.1) is 5.92 Å². The van der Waals surface area contributed by atoms with Crippen molar-refractivity contribution in [2.45, 2.75) is 45.1 Å². The fourth-order valence-electron chi connectivity index (χ4n) is 2.98. The van der Waals surface area contributed by atoms with E-state index in [-0.39, 0.29) is 23.8 Å². The molecule has 19 heavy (non-hydrogen) atoms. The van der Waals surface area contributed by atoms with E-state index in [9.17, 15) is 9.59 Å². The molecule has 108 valence electrons. The van der Waals surface area contributed by atoms with Crippen molar-refractivity contribution in [3.63, 3.8) is 0 Å². The molecule has 2 saturated heterocycles. The highest BCUT2D eigenvalue weighted by molar-refractivity contribution is 5.86. The molecule has 0 aromatic rings. The van der Waals surface area contributed by atoms with Gasteiger partial charge in [0.1, 0.15) is 6.04 Å². The minimum atomic E-state index is -0.351. The maximum Gasteiger partial charge on any atom is 0.328 e. The SMILES string of the molecule is CCOC(=O)C1CCCCN1C(=O)C1CCNCC1. The summed E-state index contributed by atoms with van der Waals surface area (Å²) in [6, 6.07) is -0.351. The molecule has 2 aliphatic rings. The number of amides is 1. The molecular formula is C14H24N2O3. The Morgan fingerprint density at radius 1 is 1.21 bits per heavy atom. The standard InChI is InChI=1S/C14H24N2O3/c1-2-19-14(18)12-5-3-4-10-16(12)13(17)11-6-8-15-9-7-11/h11-12,15H,2-10H2,1H3. The fraction of sp³-hybridized carbons (Fsp3) is 0.857. The van der Waals surface area contributed by atoms with Crippen molar-refractivity contribution in [2.75, 3.05) is 26.2 Å². The fourth-order valence-corrected chi connectivity index (χ4v) is 2.98. The lowest BCUT2D eigenvalue weighted by atomic mass is 9.93. The van der Waals surface area contributed by atoms with Crippen LogP contribution in [0.3, 0.4) is 0 Å². The number of carbonyl (C=O) groups is 2. The average Bonchev–Trinajstić information content (AvgIpc) is 2.47. The number of ether oxygens (including phenoxy) is 1. The van der Waals surface area contributed by atoms with Crippen molar-refractivity contribution in [3.05, 3.63) is 0 Å². The molecule has 5 heteroatoms. The molecule has 0 aromatic carbocycles. The van der Waals surface area contributed by atoms with E-state index < -0.39 is 0 Å². The molecule has 2 heterocycles. The van der Waals surface area contributed by atoms with Crippen LogP contribution in [0.5, 0.6) is 0 Å². The summed E-state index contributed by atoms with van der Waals surface area (Å²) in [5, 5.41) is 3.26. The van der Waals surface area contributed by atoms with Crippen LogP contribution in [0.2, 0.25) is 0 Å². The second-order valence-electron chi connectivity index (χ2n) is 5.32. The summed E-state index contributed by atoms with van der Waals surface area (Å²) in [5.41, 5.74) is 0. The van der Waals surface area contributed by atoms with Crippen LogP contribution < -0.4 is 5.32 Å². The lowest BCUT2D eigenvalue weighted by Gasteiger charge is -2.37. The summed E-state index contributed by atoms with van der Waals surface area (Å²) in [6.07, 6.45) is 4.50. The second kappa shape index (κ2) is 6.89. The Morgan fingerprint density at radius 2 is 1.95 bits per heavy atom. The van der Waals surface area contributed by atoms with Gasteiger partial charge < -0.3 is 15.0 Å². The molecule has 2 aliphatic heterocycles. The van der Waals surface area contributed by atoms with Crippen molar-refractivity contribution in [1.29, 1.82) is 0 Å². The van der Waals surface area contributed by atoms with Gasteiger partial charge in [-0.05, 0) is 52.1 Å². The Labute approximate surface area is 114 Å². The van der Waals surface area contributed by atoms with Crippen molar-refractivity contribution < 1.29 is 14.3 Å². The topological polar surface area (TPSA) is 58.6 Å². The van der Waals surface area contributed by atoms with Gasteiger partial charge in [0.15, 0.2) is 0 Å². The number of piperidine rings is 2. The number of likely N-dealkylation sites (tertiary alicyclic amines) is 1. The van der Waals surface area contributed by atoms with Crippen LogP contribution in [-0.2, 0) is 14.3 Å². The van der Waals surface area contributed by atoms with Crippen molar-refractivity contribution >= 4 is 11.9 Å². The van der Waals surface area contributed by atoms with Crippen LogP contribution in [0.4, 0.5) is 0 Å². The number of carbonyl (C=O) groups excluding carboxylic acids is 2. The third-order valence-corrected chi connectivity index (χ3v) is 4.03. The van der Waals surface area contributed by atoms with Gasteiger partial charge in [0, 0.05) is 12.5 Å². The predicted molar refractivity (Wildman–Crippen MR) is 71.6 cm³/mol. The molecule has 0 bridgehead atoms. The van der Waals surface area contributed by atoms with Gasteiger partial charge in [-0.25, -0.2) is 4.79 Å². The van der Waals surface area contributed by atoms with Crippen molar-refractivity contribution in [1.82, 2.24) is 10.2 Å². The first-order chi connectivity index (χ1) is 9.24. The molecule has 0 aromatic heterocycles. The van der Waals surface area contributed by atoms with Gasteiger partial charge >= 0.3 is 5.97 Å². The van der Waals surface area contributed by atoms with E-state index >= 15 is 0 Å². The lowest BCUT2D eigenvalue weighted by molar-refractivity contribution is -0.158. The van der Waals surface area contributed by atoms with Gasteiger partial charge in [0.25, 0.3) is 0 Å². The highest BCUT2D eigenvalue weighted by Gasteiger charge is 2.36. The zero-order valence-electron chi connectivity index (χ0n) is 11.7. The molecule has 1 atom stereocenters. The summed E-state index contributed by atoms with van der Waals surface area (Å²) < 4.78 is 5.10. The lowest BCUT2D eigenvalue weighted by Crippen LogP contribution is -2.51. The van der Waals surface area contributed by atoms with Gasteiger partial charge in [0.2, 0.25) is 5.91 Å². The Hall–Kier alpha value is -1.10. The molecule has 2 fully saturated rings. The first-order valence-corrected chi connectivity index (χ1v) is 7.42. The monoisotopic (exact) mass is 268 g/mol. The Kier molecular flexibility index (Phi) is 5.19. The number of esters is 1. The van der Waals surface area contributed by atoms with Crippen LogP contribution in [0.15, 0.2) is 0 Å². The Bertz CT molecular complexity index is 327. The minimum absolute atomic E-state index is 0.0799. The van der Waals surface area contributed by atoms with Crippen LogP contribution in [-0.4, -0.2) is 49.1 Å². The summed E-state index contributed by atoms with van der Waals surface area (Å²) in [5.74, 6) is 0.0000130. The molecule has 0 radical (unpaired) electrons. The predicted octanol–water partition coefficient (Wildman–Crippen LogP) is 0.930. The number of rotatable bonds is 3. The Morgan fingerprint density at radius 3 is 2.63 bits per heavy atom. The maximum atomic E-state index is 12.6. The highest BCUT2D eigenvalue weighted by Crippen LogP contribution is 2.23. The maximum absolute atomic E-state index is 12.6. The zero-order chi connectivity index (χ0) is 13.7. The third kappa shape index (κ3) is 3.47. The largest absolute Gasteiger partial charge is 0.464 e. The van der Waals surface area contributed by atoms with E-state index in [2.05, 4.69) is 5.32 Å². The summed E-state index contributed by atoms with van der Waals surface area (Å²) >= 11 is 0. The van der Waals surface area contributed by atoms with Gasteiger partial charge in [0.05, 0.1) is 6.61 Å². The Balaban J connectivity index is 2.01. The molecule has 0 aliphatic carbocycles. The van der Waals surface area contributed by atoms with Crippen molar-refractivity contribution in [3.8, 4) is 0 Å². The third-order valence-electron chi connectivity index (χ3n) is 4.03. The molecular weight excluding hydrogens is 244 g/mol. The second-order valence-corrected chi connectivity index (χ2v) is 5.32. The van der Waals surface area contributed by atoms with E-state index in [4.69, 9.17) is 4.74 Å². The number of hydrogen-bond donors (Lipinski definition) is 1. The van der Waals surface area contributed by atoms with Gasteiger partial charge in [-0.15, -0.1) is 0 Å². The summed E-state index contributed by atoms with van der Waals surface area (Å²) in [4.78, 5) is 26.3. The molecule has 5 nitrogen and oxygen atoms in total. The normalized spacial score (nSPS) is 25.1. The van der Waals surface area contributed by atoms with Crippen LogP contribution in [0.25, 0.3) is 0 Å². The highest BCUT2D eigenvalue weighted by atomic mass is 16.5. The number of hydrogen-bond acceptors (Lipinski definition) is 4. The molecule has 1 unspecified atom stereocenters. The molecule has 0 saturated carbocycles. The van der Waals surface area contributed by atoms with Gasteiger partial charge in [-0.2, -0.15) is 0 Å². The van der Waals surface area contributed by atoms with E-state index in [1.54, 1.807) is 11.8 Å². The summed E-state index contributed by atoms with van der Waals surface area (Å²) in [6.45, 7) is 4.68. The summed E-state index contributed by atoms with van der Waals surface area (Å²) in [7, 11) is 0. The molecule has 1 N–H and O–H groups in total. The zero-order valence-corrected chi connectivity index (χ0v) is 11.7. The van der Waals surface area contributed by atoms with E-state index in [0.717, 1.165) is 45.2 Å². The van der Waals surface area contributed by atoms with Crippen LogP contribution in [0.1, 0.15) is 39.0 Å². The first-order valence-electron chi connectivity index (χ1n) is 7.42. The molecule has 0 spiro atoms. The van der Waals surface area contributed by atoms with E-state index in [0.29, 0.717) is 13.2 Å². The van der Waals surface area contributed by atoms with E-state index in [1.165, 1.54) is 0 Å². The molecule has 2 rings (SSSR count). The number of nitrogens with one attached hydrogen (secondary N) is 1. The first kappa shape index (κ1) is 14.3. The quantitative estimate of drug-likeness (QED) is 0.774. The molecule has 1 amide bonds. The minimum Gasteiger partial charge on any atom is -0.464 e. The van der Waals surface area contributed by atoms with Crippen molar-refractivity contribution in [2.24, 2.45) is 5.92 Å². The van der Waals surface area contributed by atoms with Gasteiger partial charge in [-0.1, -0.05) is 0 Å². The van der Waals surface area contributed by atoms with Gasteiger partial charge in [-0.3, -0.25) is 4.79 Å². The number of nitrogens with zero attached hydrogens (tertiary/aromatic N) is 1.